The third kappa shape index (κ3) is 5.37. The number of nitrogens with zero attached hydrogens (tertiary/aromatic N) is 1. The zero-order valence-corrected chi connectivity index (χ0v) is 20.8. The van der Waals surface area contributed by atoms with Crippen LogP contribution in [0.2, 0.25) is 10.0 Å². The molecule has 0 aromatic heterocycles. The molecule has 0 saturated carbocycles. The van der Waals surface area contributed by atoms with Gasteiger partial charge in [0.05, 0.1) is 18.8 Å². The normalized spacial score (nSPS) is 11.7. The maximum Gasteiger partial charge on any atom is 0.326 e. The van der Waals surface area contributed by atoms with Crippen molar-refractivity contribution in [2.75, 3.05) is 23.1 Å². The summed E-state index contributed by atoms with van der Waals surface area (Å²) in [5, 5.41) is 4.30. The number of amides is 2. The van der Waals surface area contributed by atoms with Gasteiger partial charge in [-0.2, -0.15) is 0 Å². The first-order valence-electron chi connectivity index (χ1n) is 10.9. The third-order valence-electron chi connectivity index (χ3n) is 5.77. The molecule has 3 rings (SSSR count). The van der Waals surface area contributed by atoms with E-state index in [4.69, 9.17) is 33.7 Å². The smallest absolute Gasteiger partial charge is 0.326 e. The second kappa shape index (κ2) is 10.8. The van der Waals surface area contributed by atoms with Crippen molar-refractivity contribution in [3.8, 4) is 5.75 Å². The zero-order chi connectivity index (χ0) is 24.1. The average molecular weight is 486 g/mol. The van der Waals surface area contributed by atoms with E-state index in [1.165, 1.54) is 0 Å². The molecule has 174 valence electrons. The van der Waals surface area contributed by atoms with Crippen molar-refractivity contribution in [1.29, 1.82) is 0 Å². The Balaban J connectivity index is 2.07. The molecule has 0 aliphatic rings. The molecule has 0 aliphatic carbocycles. The molecule has 0 aliphatic heterocycles. The predicted octanol–water partition coefficient (Wildman–Crippen LogP) is 7.51. The summed E-state index contributed by atoms with van der Waals surface area (Å²) in [6, 6.07) is 16.1. The molecule has 7 heteroatoms. The van der Waals surface area contributed by atoms with Crippen molar-refractivity contribution in [2.45, 2.75) is 39.7 Å². The molecule has 3 aromatic rings. The van der Waals surface area contributed by atoms with Crippen molar-refractivity contribution in [1.82, 2.24) is 0 Å². The van der Waals surface area contributed by atoms with Gasteiger partial charge in [0.25, 0.3) is 0 Å². The van der Waals surface area contributed by atoms with Crippen LogP contribution in [0, 0.1) is 0 Å². The van der Waals surface area contributed by atoms with E-state index >= 15 is 0 Å². The molecule has 0 fully saturated rings. The Bertz CT molecular complexity index is 1090. The van der Waals surface area contributed by atoms with E-state index in [-0.39, 0.29) is 12.1 Å². The highest BCUT2D eigenvalue weighted by Crippen LogP contribution is 2.36. The Kier molecular flexibility index (Phi) is 8.11. The van der Waals surface area contributed by atoms with Gasteiger partial charge in [0, 0.05) is 21.4 Å². The molecule has 1 unspecified atom stereocenters. The molecule has 0 bridgehead atoms. The van der Waals surface area contributed by atoms with E-state index in [0.717, 1.165) is 22.4 Å². The number of halogens is 2. The Morgan fingerprint density at radius 1 is 1.03 bits per heavy atom. The Hall–Kier alpha value is -2.89. The van der Waals surface area contributed by atoms with Crippen molar-refractivity contribution >= 4 is 46.3 Å². The van der Waals surface area contributed by atoms with Gasteiger partial charge in [-0.1, -0.05) is 49.2 Å². The van der Waals surface area contributed by atoms with E-state index in [1.807, 2.05) is 69.3 Å². The van der Waals surface area contributed by atoms with E-state index in [1.54, 1.807) is 18.1 Å². The summed E-state index contributed by atoms with van der Waals surface area (Å²) >= 11 is 12.6. The summed E-state index contributed by atoms with van der Waals surface area (Å²) in [5.41, 5.74) is 10.9. The van der Waals surface area contributed by atoms with Crippen LogP contribution in [0.25, 0.3) is 0 Å². The fourth-order valence-corrected chi connectivity index (χ4v) is 4.42. The van der Waals surface area contributed by atoms with Crippen LogP contribution >= 0.6 is 23.2 Å². The lowest BCUT2D eigenvalue weighted by atomic mass is 10.0. The van der Waals surface area contributed by atoms with Crippen LogP contribution in [0.15, 0.2) is 54.6 Å². The first-order chi connectivity index (χ1) is 15.8. The van der Waals surface area contributed by atoms with Crippen LogP contribution in [0.4, 0.5) is 21.9 Å². The Morgan fingerprint density at radius 2 is 1.64 bits per heavy atom. The Labute approximate surface area is 205 Å². The molecule has 3 aromatic carbocycles. The molecule has 3 N–H and O–H groups in total. The molecule has 2 amide bonds. The number of methoxy groups -OCH3 is 1. The number of urea groups is 1. The van der Waals surface area contributed by atoms with Crippen LogP contribution in [0.3, 0.4) is 0 Å². The number of benzene rings is 3. The molecular weight excluding hydrogens is 457 g/mol. The van der Waals surface area contributed by atoms with E-state index in [0.29, 0.717) is 40.0 Å². The highest BCUT2D eigenvalue weighted by molar-refractivity contribution is 6.32. The van der Waals surface area contributed by atoms with E-state index in [2.05, 4.69) is 5.32 Å². The second-order valence-corrected chi connectivity index (χ2v) is 8.56. The highest BCUT2D eigenvalue weighted by Gasteiger charge is 2.26. The minimum atomic E-state index is -0.284. The largest absolute Gasteiger partial charge is 0.497 e. The lowest BCUT2D eigenvalue weighted by molar-refractivity contribution is 0.255. The first-order valence-corrected chi connectivity index (χ1v) is 11.7. The van der Waals surface area contributed by atoms with Gasteiger partial charge in [-0.15, -0.1) is 0 Å². The van der Waals surface area contributed by atoms with Gasteiger partial charge in [0.2, 0.25) is 0 Å². The summed E-state index contributed by atoms with van der Waals surface area (Å²) in [5.74, 6) is 0.711. The number of nitrogen functional groups attached to an aromatic ring is 1. The summed E-state index contributed by atoms with van der Waals surface area (Å²) < 4.78 is 5.29. The second-order valence-electron chi connectivity index (χ2n) is 7.71. The number of carbonyl (C=O) groups is 1. The van der Waals surface area contributed by atoms with Crippen LogP contribution in [0.1, 0.15) is 43.5 Å². The fraction of sp³-hybridized carbons (Fsp3) is 0.269. The fourth-order valence-electron chi connectivity index (χ4n) is 3.95. The van der Waals surface area contributed by atoms with Crippen molar-refractivity contribution in [2.24, 2.45) is 0 Å². The third-order valence-corrected chi connectivity index (χ3v) is 6.36. The molecule has 0 radical (unpaired) electrons. The van der Waals surface area contributed by atoms with E-state index in [9.17, 15) is 4.79 Å². The lowest BCUT2D eigenvalue weighted by Gasteiger charge is -2.31. The minimum Gasteiger partial charge on any atom is -0.497 e. The summed E-state index contributed by atoms with van der Waals surface area (Å²) in [4.78, 5) is 15.5. The monoisotopic (exact) mass is 485 g/mol. The number of rotatable bonds is 7. The topological polar surface area (TPSA) is 67.6 Å². The van der Waals surface area contributed by atoms with Crippen LogP contribution < -0.4 is 20.7 Å². The van der Waals surface area contributed by atoms with Crippen molar-refractivity contribution < 1.29 is 9.53 Å². The number of nitrogens with two attached hydrogens (primary N) is 1. The average Bonchev–Trinajstić information content (AvgIpc) is 2.80. The van der Waals surface area contributed by atoms with Crippen LogP contribution in [-0.2, 0) is 12.8 Å². The minimum absolute atomic E-state index is 0.276. The number of nitrogens with one attached hydrogen (secondary N) is 1. The van der Waals surface area contributed by atoms with Crippen molar-refractivity contribution in [3.63, 3.8) is 0 Å². The first kappa shape index (κ1) is 24.7. The van der Waals surface area contributed by atoms with Gasteiger partial charge in [0.1, 0.15) is 5.75 Å². The number of hydrogen-bond donors (Lipinski definition) is 2. The van der Waals surface area contributed by atoms with Crippen LogP contribution in [-0.4, -0.2) is 13.1 Å². The van der Waals surface area contributed by atoms with Gasteiger partial charge >= 0.3 is 6.03 Å². The van der Waals surface area contributed by atoms with E-state index < -0.39 is 0 Å². The maximum absolute atomic E-state index is 13.8. The highest BCUT2D eigenvalue weighted by atomic mass is 35.5. The summed E-state index contributed by atoms with van der Waals surface area (Å²) in [6.45, 7) is 5.98. The molecule has 33 heavy (non-hydrogen) atoms. The quantitative estimate of drug-likeness (QED) is 0.340. The van der Waals surface area contributed by atoms with Gasteiger partial charge in [-0.3, -0.25) is 4.90 Å². The Morgan fingerprint density at radius 3 is 2.18 bits per heavy atom. The standard InChI is InChI=1S/C26H29Cl2N3O2/c1-5-21-23(28)15-24(29)22(6-2)25(21)30-26(32)31(19-11-13-20(33-4)14-12-19)16(3)17-7-9-18(27)10-8-17/h7-16H,5-6,29H2,1-4H3,(H,30,32). The zero-order valence-electron chi connectivity index (χ0n) is 19.3. The number of anilines is 3. The molecule has 0 heterocycles. The number of carbonyl (C=O) groups excluding carboxylic acids is 1. The molecule has 0 saturated heterocycles. The van der Waals surface area contributed by atoms with Crippen LogP contribution in [0.5, 0.6) is 5.75 Å². The van der Waals surface area contributed by atoms with Gasteiger partial charge in [0.15, 0.2) is 0 Å². The summed E-state index contributed by atoms with van der Waals surface area (Å²) in [6.07, 6.45) is 1.33. The SMILES string of the molecule is CCc1c(N)cc(Cl)c(CC)c1NC(=O)N(c1ccc(OC)cc1)C(C)c1ccc(Cl)cc1. The molecule has 0 spiro atoms. The predicted molar refractivity (Wildman–Crippen MR) is 139 cm³/mol. The molecule has 5 nitrogen and oxygen atoms in total. The van der Waals surface area contributed by atoms with Gasteiger partial charge in [-0.25, -0.2) is 4.79 Å². The number of ether oxygens (including phenoxy) is 1. The maximum atomic E-state index is 13.8. The molecule has 1 atom stereocenters. The molecular formula is C26H29Cl2N3O2. The summed E-state index contributed by atoms with van der Waals surface area (Å²) in [7, 11) is 1.61. The van der Waals surface area contributed by atoms with Gasteiger partial charge in [-0.05, 0) is 78.9 Å². The lowest BCUT2D eigenvalue weighted by Crippen LogP contribution is -2.37. The van der Waals surface area contributed by atoms with Gasteiger partial charge < -0.3 is 15.8 Å². The van der Waals surface area contributed by atoms with Crippen molar-refractivity contribution in [3.05, 3.63) is 81.3 Å². The number of hydrogen-bond acceptors (Lipinski definition) is 3.